The minimum Gasteiger partial charge on any atom is -0.309 e. The lowest BCUT2D eigenvalue weighted by Crippen LogP contribution is -2.37. The molecule has 84 valence electrons. The van der Waals surface area contributed by atoms with Gasteiger partial charge < -0.3 is 5.32 Å². The predicted molar refractivity (Wildman–Crippen MR) is 59.6 cm³/mol. The highest BCUT2D eigenvalue weighted by atomic mass is 35.5. The van der Waals surface area contributed by atoms with Gasteiger partial charge in [0.15, 0.2) is 9.84 Å². The lowest BCUT2D eigenvalue weighted by atomic mass is 10.3. The summed E-state index contributed by atoms with van der Waals surface area (Å²) in [5.74, 6) is 0.790. The molecular formula is C9H18ClNO2S. The van der Waals surface area contributed by atoms with Crippen molar-refractivity contribution in [3.05, 3.63) is 0 Å². The zero-order valence-electron chi connectivity index (χ0n) is 8.72. The maximum absolute atomic E-state index is 11.5. The molecule has 0 unspecified atom stereocenters. The number of sulfone groups is 1. The van der Waals surface area contributed by atoms with Crippen LogP contribution in [0.4, 0.5) is 0 Å². The zero-order valence-corrected chi connectivity index (χ0v) is 10.3. The second-order valence-corrected chi connectivity index (χ2v) is 7.20. The van der Waals surface area contributed by atoms with Gasteiger partial charge in [-0.1, -0.05) is 0 Å². The summed E-state index contributed by atoms with van der Waals surface area (Å²) < 4.78 is 22.9. The van der Waals surface area contributed by atoms with Gasteiger partial charge in [0.25, 0.3) is 0 Å². The third-order valence-electron chi connectivity index (χ3n) is 2.71. The first kappa shape index (κ1) is 12.3. The van der Waals surface area contributed by atoms with Gasteiger partial charge in [0.05, 0.1) is 11.0 Å². The monoisotopic (exact) mass is 239 g/mol. The molecule has 1 fully saturated rings. The Morgan fingerprint density at radius 3 is 2.36 bits per heavy atom. The van der Waals surface area contributed by atoms with Gasteiger partial charge in [-0.2, -0.15) is 0 Å². The van der Waals surface area contributed by atoms with Crippen molar-refractivity contribution < 1.29 is 8.42 Å². The van der Waals surface area contributed by atoms with Crippen LogP contribution in [0.15, 0.2) is 0 Å². The van der Waals surface area contributed by atoms with E-state index in [9.17, 15) is 8.42 Å². The zero-order chi connectivity index (χ0) is 10.8. The quantitative estimate of drug-likeness (QED) is 0.708. The number of rotatable bonds is 6. The van der Waals surface area contributed by atoms with Crippen LogP contribution in [-0.4, -0.2) is 37.4 Å². The molecule has 5 heteroatoms. The van der Waals surface area contributed by atoms with E-state index in [-0.39, 0.29) is 16.5 Å². The molecule has 1 aliphatic rings. The third kappa shape index (κ3) is 3.11. The van der Waals surface area contributed by atoms with Gasteiger partial charge in [-0.05, 0) is 26.7 Å². The maximum Gasteiger partial charge on any atom is 0.153 e. The molecule has 14 heavy (non-hydrogen) atoms. The number of hydrogen-bond acceptors (Lipinski definition) is 3. The van der Waals surface area contributed by atoms with Crippen LogP contribution in [0.1, 0.15) is 26.7 Å². The Bertz CT molecular complexity index is 283. The molecule has 0 heterocycles. The van der Waals surface area contributed by atoms with Crippen LogP contribution < -0.4 is 5.32 Å². The summed E-state index contributed by atoms with van der Waals surface area (Å²) in [6.45, 7) is 3.95. The average Bonchev–Trinajstić information content (AvgIpc) is 2.85. The first-order valence-electron chi connectivity index (χ1n) is 4.94. The lowest BCUT2D eigenvalue weighted by Gasteiger charge is -2.14. The van der Waals surface area contributed by atoms with Crippen molar-refractivity contribution in [3.8, 4) is 0 Å². The van der Waals surface area contributed by atoms with Crippen molar-refractivity contribution in [1.82, 2.24) is 5.32 Å². The maximum atomic E-state index is 11.5. The molecule has 1 rings (SSSR count). The minimum absolute atomic E-state index is 0.0497. The molecule has 0 aliphatic heterocycles. The molecule has 0 aromatic heterocycles. The topological polar surface area (TPSA) is 46.2 Å². The summed E-state index contributed by atoms with van der Waals surface area (Å²) in [5.41, 5.74) is 0.0497. The minimum atomic E-state index is -2.91. The summed E-state index contributed by atoms with van der Waals surface area (Å²) in [6, 6.07) is 0. The summed E-state index contributed by atoms with van der Waals surface area (Å²) in [5, 5.41) is 2.94. The highest BCUT2D eigenvalue weighted by Gasteiger charge is 2.41. The molecule has 0 aromatic rings. The molecule has 0 bridgehead atoms. The van der Waals surface area contributed by atoms with Crippen LogP contribution in [0.5, 0.6) is 0 Å². The fourth-order valence-corrected chi connectivity index (χ4v) is 2.42. The SMILES string of the molecule is CC(C)S(=O)(=O)CCNC1(CCl)CC1. The van der Waals surface area contributed by atoms with Gasteiger partial charge in [-0.3, -0.25) is 0 Å². The van der Waals surface area contributed by atoms with E-state index in [1.165, 1.54) is 0 Å². The number of alkyl halides is 1. The Morgan fingerprint density at radius 1 is 1.43 bits per heavy atom. The van der Waals surface area contributed by atoms with Crippen LogP contribution in [0.2, 0.25) is 0 Å². The van der Waals surface area contributed by atoms with E-state index in [0.717, 1.165) is 12.8 Å². The molecule has 0 spiro atoms. The normalized spacial score (nSPS) is 20.0. The fraction of sp³-hybridized carbons (Fsp3) is 1.00. The van der Waals surface area contributed by atoms with Crippen molar-refractivity contribution in [2.45, 2.75) is 37.5 Å². The smallest absolute Gasteiger partial charge is 0.153 e. The fourth-order valence-electron chi connectivity index (χ4n) is 1.20. The molecular weight excluding hydrogens is 222 g/mol. The van der Waals surface area contributed by atoms with E-state index >= 15 is 0 Å². The second-order valence-electron chi connectivity index (χ2n) is 4.26. The van der Waals surface area contributed by atoms with Crippen molar-refractivity contribution >= 4 is 21.4 Å². The van der Waals surface area contributed by atoms with Crippen molar-refractivity contribution in [2.75, 3.05) is 18.2 Å². The highest BCUT2D eigenvalue weighted by Crippen LogP contribution is 2.36. The number of hydrogen-bond donors (Lipinski definition) is 1. The summed E-state index contributed by atoms with van der Waals surface area (Å²) in [7, 11) is -2.91. The highest BCUT2D eigenvalue weighted by molar-refractivity contribution is 7.92. The first-order chi connectivity index (χ1) is 6.42. The Morgan fingerprint density at radius 2 is 2.00 bits per heavy atom. The second kappa shape index (κ2) is 4.37. The van der Waals surface area contributed by atoms with E-state index in [2.05, 4.69) is 5.32 Å². The molecule has 0 atom stereocenters. The number of halogens is 1. The van der Waals surface area contributed by atoms with E-state index in [1.54, 1.807) is 13.8 Å². The third-order valence-corrected chi connectivity index (χ3v) is 5.44. The van der Waals surface area contributed by atoms with Gasteiger partial charge in [0, 0.05) is 18.0 Å². The van der Waals surface area contributed by atoms with Crippen LogP contribution in [0.3, 0.4) is 0 Å². The van der Waals surface area contributed by atoms with Gasteiger partial charge in [0.1, 0.15) is 0 Å². The van der Waals surface area contributed by atoms with Crippen LogP contribution in [0.25, 0.3) is 0 Å². The van der Waals surface area contributed by atoms with Crippen LogP contribution in [-0.2, 0) is 9.84 Å². The molecule has 1 saturated carbocycles. The largest absolute Gasteiger partial charge is 0.309 e. The molecule has 1 aliphatic carbocycles. The van der Waals surface area contributed by atoms with E-state index < -0.39 is 9.84 Å². The van der Waals surface area contributed by atoms with Crippen LogP contribution in [0, 0.1) is 0 Å². The Kier molecular flexibility index (Phi) is 3.83. The summed E-state index contributed by atoms with van der Waals surface area (Å²) in [4.78, 5) is 0. The molecule has 0 aromatic carbocycles. The first-order valence-corrected chi connectivity index (χ1v) is 7.19. The average molecular weight is 240 g/mol. The standard InChI is InChI=1S/C9H18ClNO2S/c1-8(2)14(12,13)6-5-11-9(7-10)3-4-9/h8,11H,3-7H2,1-2H3. The summed E-state index contributed by atoms with van der Waals surface area (Å²) in [6.07, 6.45) is 2.14. The summed E-state index contributed by atoms with van der Waals surface area (Å²) >= 11 is 5.76. The molecule has 1 N–H and O–H groups in total. The van der Waals surface area contributed by atoms with Crippen molar-refractivity contribution in [1.29, 1.82) is 0 Å². The van der Waals surface area contributed by atoms with Gasteiger partial charge in [0.2, 0.25) is 0 Å². The molecule has 0 amide bonds. The van der Waals surface area contributed by atoms with E-state index in [4.69, 9.17) is 11.6 Å². The van der Waals surface area contributed by atoms with Crippen molar-refractivity contribution in [3.63, 3.8) is 0 Å². The van der Waals surface area contributed by atoms with Gasteiger partial charge in [-0.15, -0.1) is 11.6 Å². The van der Waals surface area contributed by atoms with Gasteiger partial charge in [-0.25, -0.2) is 8.42 Å². The Balaban J connectivity index is 2.28. The number of nitrogens with one attached hydrogen (secondary N) is 1. The van der Waals surface area contributed by atoms with Gasteiger partial charge >= 0.3 is 0 Å². The predicted octanol–water partition coefficient (Wildman–Crippen LogP) is 1.17. The van der Waals surface area contributed by atoms with E-state index in [0.29, 0.717) is 12.4 Å². The van der Waals surface area contributed by atoms with Crippen LogP contribution >= 0.6 is 11.6 Å². The Labute approximate surface area is 91.1 Å². The lowest BCUT2D eigenvalue weighted by molar-refractivity contribution is 0.549. The molecule has 0 saturated heterocycles. The van der Waals surface area contributed by atoms with Crippen molar-refractivity contribution in [2.24, 2.45) is 0 Å². The Hall–Kier alpha value is 0.200. The molecule has 3 nitrogen and oxygen atoms in total. The molecule has 0 radical (unpaired) electrons. The van der Waals surface area contributed by atoms with E-state index in [1.807, 2.05) is 0 Å².